The molecule has 1 aromatic rings. The molecule has 26 heavy (non-hydrogen) atoms. The molecule has 0 unspecified atom stereocenters. The number of carbonyl (C=O) groups excluding carboxylic acids is 1. The molecule has 0 aliphatic carbocycles. The maximum Gasteiger partial charge on any atom is 0.331 e. The third-order valence-corrected chi connectivity index (χ3v) is 5.33. The van der Waals surface area contributed by atoms with Crippen molar-refractivity contribution in [3.05, 3.63) is 35.4 Å². The lowest BCUT2D eigenvalue weighted by molar-refractivity contribution is -0.152. The lowest BCUT2D eigenvalue weighted by Crippen LogP contribution is -2.60. The van der Waals surface area contributed by atoms with Gasteiger partial charge in [0.25, 0.3) is 0 Å². The summed E-state index contributed by atoms with van der Waals surface area (Å²) in [5, 5.41) is 9.24. The van der Waals surface area contributed by atoms with E-state index >= 15 is 0 Å². The molecule has 0 radical (unpaired) electrons. The van der Waals surface area contributed by atoms with Crippen LogP contribution in [-0.4, -0.2) is 42.2 Å². The molecule has 2 rings (SSSR count). The van der Waals surface area contributed by atoms with Gasteiger partial charge in [-0.25, -0.2) is 4.79 Å². The van der Waals surface area contributed by atoms with Crippen molar-refractivity contribution in [2.24, 2.45) is 0 Å². The molecule has 0 saturated carbocycles. The molecule has 1 aromatic carbocycles. The third kappa shape index (κ3) is 4.44. The molecule has 5 heteroatoms. The van der Waals surface area contributed by atoms with Crippen molar-refractivity contribution in [3.63, 3.8) is 0 Å². The predicted octanol–water partition coefficient (Wildman–Crippen LogP) is 3.77. The van der Waals surface area contributed by atoms with E-state index in [-0.39, 0.29) is 23.2 Å². The van der Waals surface area contributed by atoms with E-state index in [1.807, 2.05) is 0 Å². The largest absolute Gasteiger partial charge is 0.497 e. The van der Waals surface area contributed by atoms with Gasteiger partial charge in [0.2, 0.25) is 0 Å². The van der Waals surface area contributed by atoms with Crippen molar-refractivity contribution in [2.75, 3.05) is 14.2 Å². The van der Waals surface area contributed by atoms with Gasteiger partial charge < -0.3 is 9.47 Å². The van der Waals surface area contributed by atoms with Crippen LogP contribution in [0.1, 0.15) is 51.7 Å². The van der Waals surface area contributed by atoms with Crippen LogP contribution in [0.5, 0.6) is 5.75 Å². The summed E-state index contributed by atoms with van der Waals surface area (Å²) in [5.41, 5.74) is 1.03. The maximum atomic E-state index is 12.3. The van der Waals surface area contributed by atoms with Crippen LogP contribution in [0.3, 0.4) is 0 Å². The summed E-state index contributed by atoms with van der Waals surface area (Å²) in [4.78, 5) is 14.6. The zero-order valence-electron chi connectivity index (χ0n) is 16.5. The summed E-state index contributed by atoms with van der Waals surface area (Å²) in [6.07, 6.45) is 4.46. The predicted molar refractivity (Wildman–Crippen MR) is 102 cm³/mol. The summed E-state index contributed by atoms with van der Waals surface area (Å²) < 4.78 is 10.8. The van der Waals surface area contributed by atoms with Crippen LogP contribution in [0.2, 0.25) is 0 Å². The number of esters is 1. The molecule has 1 heterocycles. The van der Waals surface area contributed by atoms with Gasteiger partial charge in [-0.1, -0.05) is 0 Å². The first-order valence-corrected chi connectivity index (χ1v) is 8.80. The van der Waals surface area contributed by atoms with Crippen LogP contribution in [0.4, 0.5) is 0 Å². The second-order valence-corrected chi connectivity index (χ2v) is 8.05. The normalized spacial score (nSPS) is 19.9. The fourth-order valence-electron chi connectivity index (χ4n) is 3.63. The average Bonchev–Trinajstić information content (AvgIpc) is 2.57. The van der Waals surface area contributed by atoms with E-state index in [0.717, 1.165) is 12.8 Å². The van der Waals surface area contributed by atoms with Crippen molar-refractivity contribution in [1.82, 2.24) is 4.90 Å². The minimum Gasteiger partial charge on any atom is -0.497 e. The lowest BCUT2D eigenvalue weighted by atomic mass is 9.79. The number of piperidine rings is 1. The van der Waals surface area contributed by atoms with E-state index in [4.69, 9.17) is 9.47 Å². The highest BCUT2D eigenvalue weighted by atomic mass is 16.5. The van der Waals surface area contributed by atoms with Crippen molar-refractivity contribution < 1.29 is 14.3 Å². The SMILES string of the molecule is COc1ccc(/C=C/C(=O)OC2CC(C)(C)N(C)C(C)(C)C2)c(C#N)c1. The minimum atomic E-state index is -0.383. The van der Waals surface area contributed by atoms with Gasteiger partial charge in [-0.15, -0.1) is 0 Å². The summed E-state index contributed by atoms with van der Waals surface area (Å²) in [7, 11) is 3.67. The number of rotatable bonds is 4. The highest BCUT2D eigenvalue weighted by Crippen LogP contribution is 2.38. The Morgan fingerprint density at radius 3 is 2.42 bits per heavy atom. The second-order valence-electron chi connectivity index (χ2n) is 8.05. The Morgan fingerprint density at radius 2 is 1.88 bits per heavy atom. The summed E-state index contributed by atoms with van der Waals surface area (Å²) >= 11 is 0. The van der Waals surface area contributed by atoms with E-state index in [1.54, 1.807) is 31.4 Å². The molecule has 140 valence electrons. The zero-order chi connectivity index (χ0) is 19.5. The summed E-state index contributed by atoms with van der Waals surface area (Å²) in [6, 6.07) is 7.27. The van der Waals surface area contributed by atoms with Gasteiger partial charge in [-0.2, -0.15) is 5.26 Å². The van der Waals surface area contributed by atoms with Crippen LogP contribution in [0, 0.1) is 11.3 Å². The maximum absolute atomic E-state index is 12.3. The van der Waals surface area contributed by atoms with Crippen molar-refractivity contribution in [1.29, 1.82) is 5.26 Å². The number of nitrogens with zero attached hydrogens (tertiary/aromatic N) is 2. The van der Waals surface area contributed by atoms with Gasteiger partial charge in [0, 0.05) is 30.0 Å². The molecule has 0 N–H and O–H groups in total. The topological polar surface area (TPSA) is 62.6 Å². The van der Waals surface area contributed by atoms with Gasteiger partial charge >= 0.3 is 5.97 Å². The monoisotopic (exact) mass is 356 g/mol. The van der Waals surface area contributed by atoms with Gasteiger partial charge in [0.15, 0.2) is 0 Å². The highest BCUT2D eigenvalue weighted by molar-refractivity contribution is 5.87. The number of ether oxygens (including phenoxy) is 2. The minimum absolute atomic E-state index is 0.0413. The number of benzene rings is 1. The molecule has 0 atom stereocenters. The van der Waals surface area contributed by atoms with Gasteiger partial charge in [-0.05, 0) is 64.6 Å². The Morgan fingerprint density at radius 1 is 1.27 bits per heavy atom. The molecule has 0 amide bonds. The number of hydrogen-bond donors (Lipinski definition) is 0. The molecule has 1 saturated heterocycles. The second kappa shape index (κ2) is 7.51. The molecule has 0 bridgehead atoms. The highest BCUT2D eigenvalue weighted by Gasteiger charge is 2.44. The molecule has 0 spiro atoms. The first-order chi connectivity index (χ1) is 12.1. The zero-order valence-corrected chi connectivity index (χ0v) is 16.5. The molecule has 5 nitrogen and oxygen atoms in total. The van der Waals surface area contributed by atoms with Gasteiger partial charge in [0.1, 0.15) is 11.9 Å². The Kier molecular flexibility index (Phi) is 5.77. The fraction of sp³-hybridized carbons (Fsp3) is 0.524. The molecular formula is C21H28N2O3. The number of likely N-dealkylation sites (tertiary alicyclic amines) is 1. The van der Waals surface area contributed by atoms with E-state index < -0.39 is 0 Å². The first-order valence-electron chi connectivity index (χ1n) is 8.80. The van der Waals surface area contributed by atoms with Crippen molar-refractivity contribution >= 4 is 12.0 Å². The van der Waals surface area contributed by atoms with Crippen molar-refractivity contribution in [2.45, 2.75) is 57.7 Å². The molecule has 1 fully saturated rings. The van der Waals surface area contributed by atoms with Crippen LogP contribution >= 0.6 is 0 Å². The van der Waals surface area contributed by atoms with Crippen LogP contribution < -0.4 is 4.74 Å². The number of nitriles is 1. The molecule has 0 aromatic heterocycles. The standard InChI is InChI=1S/C21H28N2O3/c1-20(2)12-18(13-21(3,4)23(20)5)26-19(24)10-8-15-7-9-17(25-6)11-16(15)14-22/h7-11,18H,12-13H2,1-6H3/b10-8+. The lowest BCUT2D eigenvalue weighted by Gasteiger charge is -2.53. The molecule has 1 aliphatic rings. The molecule has 1 aliphatic heterocycles. The quantitative estimate of drug-likeness (QED) is 0.607. The number of carbonyl (C=O) groups is 1. The molecular weight excluding hydrogens is 328 g/mol. The van der Waals surface area contributed by atoms with Crippen LogP contribution in [0.25, 0.3) is 6.08 Å². The van der Waals surface area contributed by atoms with Crippen molar-refractivity contribution in [3.8, 4) is 11.8 Å². The van der Waals surface area contributed by atoms with Gasteiger partial charge in [-0.3, -0.25) is 4.90 Å². The van der Waals surface area contributed by atoms with Gasteiger partial charge in [0.05, 0.1) is 18.7 Å². The van der Waals surface area contributed by atoms with E-state index in [0.29, 0.717) is 16.9 Å². The van der Waals surface area contributed by atoms with Crippen LogP contribution in [0.15, 0.2) is 24.3 Å². The Hall–Kier alpha value is -2.32. The smallest absolute Gasteiger partial charge is 0.331 e. The average molecular weight is 356 g/mol. The Balaban J connectivity index is 2.07. The summed E-state index contributed by atoms with van der Waals surface area (Å²) in [6.45, 7) is 8.67. The van der Waals surface area contributed by atoms with E-state index in [1.165, 1.54) is 6.08 Å². The third-order valence-electron chi connectivity index (χ3n) is 5.33. The number of methoxy groups -OCH3 is 1. The number of hydrogen-bond acceptors (Lipinski definition) is 5. The van der Waals surface area contributed by atoms with E-state index in [2.05, 4.69) is 45.7 Å². The fourth-order valence-corrected chi connectivity index (χ4v) is 3.63. The Bertz CT molecular complexity index is 726. The van der Waals surface area contributed by atoms with E-state index in [9.17, 15) is 10.1 Å². The van der Waals surface area contributed by atoms with Crippen LogP contribution in [-0.2, 0) is 9.53 Å². The Labute approximate surface area is 156 Å². The first kappa shape index (κ1) is 20.0. The summed E-state index contributed by atoms with van der Waals surface area (Å²) in [5.74, 6) is 0.225.